The molecule has 6 nitrogen and oxygen atoms in total. The monoisotopic (exact) mass is 548 g/mol. The van der Waals surface area contributed by atoms with Crippen molar-refractivity contribution in [1.29, 1.82) is 0 Å². The maximum absolute atomic E-state index is 12.9. The molecule has 2 aromatic carbocycles. The van der Waals surface area contributed by atoms with Gasteiger partial charge in [-0.3, -0.25) is 15.0 Å². The van der Waals surface area contributed by atoms with Gasteiger partial charge in [0.1, 0.15) is 0 Å². The lowest BCUT2D eigenvalue weighted by Crippen LogP contribution is -2.44. The minimum atomic E-state index is -0.415. The number of carbonyl (C=O) groups excluding carboxylic acids is 2. The third-order valence-electron chi connectivity index (χ3n) is 4.63. The quantitative estimate of drug-likeness (QED) is 0.314. The molecule has 1 N–H and O–H groups in total. The van der Waals surface area contributed by atoms with Crippen molar-refractivity contribution in [3.05, 3.63) is 63.0 Å². The number of rotatable bonds is 9. The van der Waals surface area contributed by atoms with Gasteiger partial charge in [0, 0.05) is 10.0 Å². The highest BCUT2D eigenvalue weighted by Crippen LogP contribution is 2.34. The summed E-state index contributed by atoms with van der Waals surface area (Å²) < 4.78 is 12.7. The van der Waals surface area contributed by atoms with Crippen LogP contribution in [0.25, 0.3) is 6.08 Å². The van der Waals surface area contributed by atoms with Crippen molar-refractivity contribution < 1.29 is 19.1 Å². The van der Waals surface area contributed by atoms with E-state index >= 15 is 0 Å². The van der Waals surface area contributed by atoms with E-state index < -0.39 is 5.91 Å². The first-order chi connectivity index (χ1) is 15.8. The number of thiocarbonyl (C=S) groups is 1. The molecule has 2 aromatic rings. The van der Waals surface area contributed by atoms with Crippen LogP contribution in [0.4, 0.5) is 0 Å². The van der Waals surface area contributed by atoms with E-state index in [4.69, 9.17) is 21.7 Å². The zero-order valence-electron chi connectivity index (χ0n) is 18.6. The van der Waals surface area contributed by atoms with Gasteiger partial charge in [0.2, 0.25) is 0 Å². The van der Waals surface area contributed by atoms with Gasteiger partial charge < -0.3 is 9.47 Å². The van der Waals surface area contributed by atoms with Crippen molar-refractivity contribution in [2.24, 2.45) is 5.92 Å². The zero-order chi connectivity index (χ0) is 24.0. The Bertz CT molecular complexity index is 1070. The van der Waals surface area contributed by atoms with Crippen molar-refractivity contribution in [1.82, 2.24) is 10.4 Å². The number of carbonyl (C=O) groups is 2. The number of thioether (sulfide) groups is 1. The maximum Gasteiger partial charge on any atom is 0.285 e. The van der Waals surface area contributed by atoms with Gasteiger partial charge in [-0.05, 0) is 79.5 Å². The molecule has 0 bridgehead atoms. The highest BCUT2D eigenvalue weighted by Gasteiger charge is 2.33. The van der Waals surface area contributed by atoms with Crippen LogP contribution in [0, 0.1) is 5.92 Å². The molecule has 1 aliphatic heterocycles. The molecule has 0 atom stereocenters. The molecule has 0 saturated carbocycles. The topological polar surface area (TPSA) is 67.9 Å². The molecule has 0 unspecified atom stereocenters. The van der Waals surface area contributed by atoms with Crippen molar-refractivity contribution in [3.63, 3.8) is 0 Å². The highest BCUT2D eigenvalue weighted by atomic mass is 79.9. The van der Waals surface area contributed by atoms with Crippen LogP contribution in [0.2, 0.25) is 0 Å². The van der Waals surface area contributed by atoms with Crippen molar-refractivity contribution in [2.45, 2.75) is 27.2 Å². The summed E-state index contributed by atoms with van der Waals surface area (Å²) >= 11 is 9.78. The Morgan fingerprint density at radius 1 is 1.18 bits per heavy atom. The summed E-state index contributed by atoms with van der Waals surface area (Å²) in [5.74, 6) is 1.04. The first kappa shape index (κ1) is 25.3. The highest BCUT2D eigenvalue weighted by molar-refractivity contribution is 9.10. The van der Waals surface area contributed by atoms with E-state index in [-0.39, 0.29) is 10.2 Å². The molecule has 1 heterocycles. The summed E-state index contributed by atoms with van der Waals surface area (Å²) in [6.07, 6.45) is 2.67. The van der Waals surface area contributed by atoms with Crippen LogP contribution in [0.15, 0.2) is 51.8 Å². The number of nitrogens with zero attached hydrogens (tertiary/aromatic N) is 1. The number of halogens is 1. The lowest BCUT2D eigenvalue weighted by atomic mass is 10.1. The molecule has 174 valence electrons. The van der Waals surface area contributed by atoms with Gasteiger partial charge in [-0.25, -0.2) is 0 Å². The fourth-order valence-corrected chi connectivity index (χ4v) is 4.33. The average molecular weight is 550 g/mol. The standard InChI is InChI=1S/C24H25BrN2O4S2/c1-4-30-20-13-16(5-10-19(20)31-12-11-15(2)3)14-21-23(29)27(24(32)33-21)26-22(28)17-6-8-18(25)9-7-17/h5-10,13-15H,4,11-12H2,1-3H3,(H,26,28)/b21-14+. The Balaban J connectivity index is 1.74. The van der Waals surface area contributed by atoms with Crippen molar-refractivity contribution >= 4 is 62.1 Å². The first-order valence-electron chi connectivity index (χ1n) is 10.5. The maximum atomic E-state index is 12.9. The molecular weight excluding hydrogens is 524 g/mol. The van der Waals surface area contributed by atoms with Crippen LogP contribution in [0.3, 0.4) is 0 Å². The van der Waals surface area contributed by atoms with E-state index in [1.54, 1.807) is 30.3 Å². The van der Waals surface area contributed by atoms with Gasteiger partial charge in [-0.1, -0.05) is 47.6 Å². The number of hydrogen-bond donors (Lipinski definition) is 1. The summed E-state index contributed by atoms with van der Waals surface area (Å²) in [5, 5.41) is 1.10. The summed E-state index contributed by atoms with van der Waals surface area (Å²) in [6, 6.07) is 12.4. The first-order valence-corrected chi connectivity index (χ1v) is 12.5. The molecule has 0 radical (unpaired) electrons. The molecule has 1 aliphatic rings. The predicted molar refractivity (Wildman–Crippen MR) is 139 cm³/mol. The molecule has 1 fully saturated rings. The van der Waals surface area contributed by atoms with Crippen LogP contribution in [-0.2, 0) is 4.79 Å². The number of ether oxygens (including phenoxy) is 2. The molecule has 2 amide bonds. The zero-order valence-corrected chi connectivity index (χ0v) is 21.8. The minimum absolute atomic E-state index is 0.260. The third kappa shape index (κ3) is 6.82. The lowest BCUT2D eigenvalue weighted by molar-refractivity contribution is -0.123. The van der Waals surface area contributed by atoms with Gasteiger partial charge in [-0.2, -0.15) is 5.01 Å². The lowest BCUT2D eigenvalue weighted by Gasteiger charge is -2.15. The summed E-state index contributed by atoms with van der Waals surface area (Å²) in [6.45, 7) is 7.30. The fourth-order valence-electron chi connectivity index (χ4n) is 2.89. The smallest absolute Gasteiger partial charge is 0.285 e. The Morgan fingerprint density at radius 2 is 1.91 bits per heavy atom. The number of amides is 2. The van der Waals surface area contributed by atoms with Crippen LogP contribution >= 0.6 is 39.9 Å². The second kappa shape index (κ2) is 11.7. The van der Waals surface area contributed by atoms with Crippen molar-refractivity contribution in [3.8, 4) is 11.5 Å². The summed E-state index contributed by atoms with van der Waals surface area (Å²) in [4.78, 5) is 25.8. The largest absolute Gasteiger partial charge is 0.490 e. The molecule has 1 saturated heterocycles. The molecule has 0 aromatic heterocycles. The Kier molecular flexibility index (Phi) is 8.94. The van der Waals surface area contributed by atoms with E-state index in [1.807, 2.05) is 25.1 Å². The molecule has 0 spiro atoms. The van der Waals surface area contributed by atoms with Gasteiger partial charge in [0.25, 0.3) is 11.8 Å². The van der Waals surface area contributed by atoms with Crippen LogP contribution in [0.1, 0.15) is 43.1 Å². The van der Waals surface area contributed by atoms with E-state index in [0.717, 1.165) is 33.2 Å². The Labute approximate surface area is 211 Å². The Hall–Kier alpha value is -2.36. The predicted octanol–water partition coefficient (Wildman–Crippen LogP) is 5.82. The van der Waals surface area contributed by atoms with Crippen LogP contribution in [-0.4, -0.2) is 34.4 Å². The third-order valence-corrected chi connectivity index (χ3v) is 6.46. The second-order valence-corrected chi connectivity index (χ2v) is 10.2. The van der Waals surface area contributed by atoms with Crippen LogP contribution in [0.5, 0.6) is 11.5 Å². The van der Waals surface area contributed by atoms with Gasteiger partial charge in [0.05, 0.1) is 18.1 Å². The summed E-state index contributed by atoms with van der Waals surface area (Å²) in [7, 11) is 0. The van der Waals surface area contributed by atoms with Crippen LogP contribution < -0.4 is 14.9 Å². The number of hydrogen-bond acceptors (Lipinski definition) is 6. The van der Waals surface area contributed by atoms with E-state index in [0.29, 0.717) is 41.1 Å². The van der Waals surface area contributed by atoms with Gasteiger partial charge in [0.15, 0.2) is 15.8 Å². The van der Waals surface area contributed by atoms with Crippen molar-refractivity contribution in [2.75, 3.05) is 13.2 Å². The minimum Gasteiger partial charge on any atom is -0.490 e. The molecule has 9 heteroatoms. The number of nitrogens with one attached hydrogen (secondary N) is 1. The molecule has 33 heavy (non-hydrogen) atoms. The fraction of sp³-hybridized carbons (Fsp3) is 0.292. The molecule has 3 rings (SSSR count). The second-order valence-electron chi connectivity index (χ2n) is 7.64. The number of hydrazine groups is 1. The van der Waals surface area contributed by atoms with E-state index in [1.165, 1.54) is 0 Å². The van der Waals surface area contributed by atoms with Gasteiger partial charge in [-0.15, -0.1) is 0 Å². The van der Waals surface area contributed by atoms with E-state index in [2.05, 4.69) is 35.2 Å². The number of benzene rings is 2. The van der Waals surface area contributed by atoms with Gasteiger partial charge >= 0.3 is 0 Å². The normalized spacial score (nSPS) is 14.8. The Morgan fingerprint density at radius 3 is 2.58 bits per heavy atom. The molecular formula is C24H25BrN2O4S2. The SMILES string of the molecule is CCOc1cc(/C=C2/SC(=S)N(NC(=O)c3ccc(Br)cc3)C2=O)ccc1OCCC(C)C. The average Bonchev–Trinajstić information content (AvgIpc) is 3.03. The van der Waals surface area contributed by atoms with E-state index in [9.17, 15) is 9.59 Å². The molecule has 0 aliphatic carbocycles. The summed E-state index contributed by atoms with van der Waals surface area (Å²) in [5.41, 5.74) is 3.78.